The number of benzene rings is 2. The summed E-state index contributed by atoms with van der Waals surface area (Å²) in [6.45, 7) is 6.16. The van der Waals surface area contributed by atoms with Gasteiger partial charge in [-0.2, -0.15) is 13.2 Å². The number of hydrogen-bond donors (Lipinski definition) is 0. The molecule has 4 nitrogen and oxygen atoms in total. The van der Waals surface area contributed by atoms with Crippen LogP contribution in [0.5, 0.6) is 0 Å². The van der Waals surface area contributed by atoms with Crippen LogP contribution in [0.3, 0.4) is 0 Å². The number of carbonyl (C=O) groups excluding carboxylic acids is 1. The fourth-order valence-corrected chi connectivity index (χ4v) is 3.29. The number of nitrogens with zero attached hydrogens (tertiary/aromatic N) is 3. The molecule has 0 unspecified atom stereocenters. The summed E-state index contributed by atoms with van der Waals surface area (Å²) in [5, 5.41) is 0. The summed E-state index contributed by atoms with van der Waals surface area (Å²) in [6, 6.07) is 11.3. The molecule has 0 aliphatic carbocycles. The molecule has 0 bridgehead atoms. The van der Waals surface area contributed by atoms with Gasteiger partial charge in [-0.3, -0.25) is 9.36 Å². The Morgan fingerprint density at radius 1 is 1.21 bits per heavy atom. The van der Waals surface area contributed by atoms with Crippen LogP contribution in [-0.2, 0) is 11.0 Å². The van der Waals surface area contributed by atoms with Gasteiger partial charge >= 0.3 is 6.18 Å². The molecule has 7 heteroatoms. The highest BCUT2D eigenvalue weighted by molar-refractivity contribution is 5.95. The van der Waals surface area contributed by atoms with Gasteiger partial charge in [0.15, 0.2) is 0 Å². The van der Waals surface area contributed by atoms with Gasteiger partial charge in [0.1, 0.15) is 6.33 Å². The Labute approximate surface area is 167 Å². The van der Waals surface area contributed by atoms with Crippen molar-refractivity contribution < 1.29 is 18.0 Å². The van der Waals surface area contributed by atoms with Crippen molar-refractivity contribution in [2.75, 3.05) is 6.54 Å². The molecule has 2 aromatic carbocycles. The van der Waals surface area contributed by atoms with E-state index in [9.17, 15) is 18.0 Å². The van der Waals surface area contributed by atoms with Crippen LogP contribution in [0, 0.1) is 0 Å². The summed E-state index contributed by atoms with van der Waals surface area (Å²) in [5.41, 5.74) is 0.983. The van der Waals surface area contributed by atoms with E-state index in [1.807, 2.05) is 51.1 Å². The lowest BCUT2D eigenvalue weighted by molar-refractivity contribution is -0.137. The van der Waals surface area contributed by atoms with Crippen molar-refractivity contribution in [3.8, 4) is 5.69 Å². The highest BCUT2D eigenvalue weighted by Gasteiger charge is 2.32. The second kappa shape index (κ2) is 8.11. The Bertz CT molecular complexity index is 1040. The van der Waals surface area contributed by atoms with Gasteiger partial charge in [-0.25, -0.2) is 4.98 Å². The van der Waals surface area contributed by atoms with Gasteiger partial charge < -0.3 is 4.90 Å². The standard InChI is InChI=1S/C22H22F3N3O/c1-4-27(15(2)3)20(29)11-10-16-12-17(22(23,24)25)13-19-21(16)28(14-26-19)18-8-6-5-7-9-18/h5-15H,4H2,1-3H3/b11-10-. The number of amides is 1. The number of carbonyl (C=O) groups is 1. The molecule has 0 fully saturated rings. The maximum Gasteiger partial charge on any atom is 0.416 e. The Morgan fingerprint density at radius 2 is 1.90 bits per heavy atom. The predicted molar refractivity (Wildman–Crippen MR) is 108 cm³/mol. The molecule has 1 amide bonds. The lowest BCUT2D eigenvalue weighted by atomic mass is 10.1. The minimum atomic E-state index is -4.51. The van der Waals surface area contributed by atoms with Crippen molar-refractivity contribution >= 4 is 23.0 Å². The molecular weight excluding hydrogens is 379 g/mol. The van der Waals surface area contributed by atoms with Crippen LogP contribution in [0.1, 0.15) is 31.9 Å². The molecule has 29 heavy (non-hydrogen) atoms. The van der Waals surface area contributed by atoms with E-state index in [1.54, 1.807) is 9.47 Å². The summed E-state index contributed by atoms with van der Waals surface area (Å²) in [7, 11) is 0. The molecule has 0 aliphatic rings. The minimum absolute atomic E-state index is 0.00600. The minimum Gasteiger partial charge on any atom is -0.337 e. The molecule has 152 valence electrons. The number of hydrogen-bond acceptors (Lipinski definition) is 2. The van der Waals surface area contributed by atoms with Crippen LogP contribution in [0.25, 0.3) is 22.8 Å². The molecule has 1 heterocycles. The number of rotatable bonds is 5. The Kier molecular flexibility index (Phi) is 5.77. The van der Waals surface area contributed by atoms with Crippen molar-refractivity contribution in [3.05, 3.63) is 66.0 Å². The van der Waals surface area contributed by atoms with E-state index in [-0.39, 0.29) is 23.0 Å². The first-order valence-corrected chi connectivity index (χ1v) is 9.34. The Hall–Kier alpha value is -3.09. The number of aromatic nitrogens is 2. The molecule has 0 saturated carbocycles. The number of fused-ring (bicyclic) bond motifs is 1. The molecule has 0 aliphatic heterocycles. The maximum atomic E-state index is 13.4. The first-order chi connectivity index (χ1) is 13.7. The third-order valence-electron chi connectivity index (χ3n) is 4.69. The van der Waals surface area contributed by atoms with Gasteiger partial charge in [0, 0.05) is 29.9 Å². The smallest absolute Gasteiger partial charge is 0.337 e. The zero-order valence-corrected chi connectivity index (χ0v) is 16.4. The lowest BCUT2D eigenvalue weighted by Crippen LogP contribution is -2.35. The summed E-state index contributed by atoms with van der Waals surface area (Å²) in [6.07, 6.45) is -0.261. The van der Waals surface area contributed by atoms with Crippen molar-refractivity contribution in [1.29, 1.82) is 0 Å². The fourth-order valence-electron chi connectivity index (χ4n) is 3.29. The number of imidazole rings is 1. The quantitative estimate of drug-likeness (QED) is 0.543. The summed E-state index contributed by atoms with van der Waals surface area (Å²) in [4.78, 5) is 18.3. The molecule has 3 aromatic rings. The monoisotopic (exact) mass is 401 g/mol. The zero-order valence-electron chi connectivity index (χ0n) is 16.4. The van der Waals surface area contributed by atoms with Crippen LogP contribution >= 0.6 is 0 Å². The average Bonchev–Trinajstić information content (AvgIpc) is 3.10. The predicted octanol–water partition coefficient (Wildman–Crippen LogP) is 5.31. The van der Waals surface area contributed by atoms with E-state index >= 15 is 0 Å². The van der Waals surface area contributed by atoms with E-state index in [0.29, 0.717) is 12.1 Å². The highest BCUT2D eigenvalue weighted by Crippen LogP contribution is 2.34. The van der Waals surface area contributed by atoms with Crippen molar-refractivity contribution in [2.45, 2.75) is 33.0 Å². The SMILES string of the molecule is CCN(C(=O)/C=C\c1cc(C(F)(F)F)cc2ncn(-c3ccccc3)c12)C(C)C. The van der Waals surface area contributed by atoms with E-state index in [0.717, 1.165) is 17.8 Å². The highest BCUT2D eigenvalue weighted by atomic mass is 19.4. The molecule has 0 radical (unpaired) electrons. The van der Waals surface area contributed by atoms with E-state index < -0.39 is 11.7 Å². The second-order valence-electron chi connectivity index (χ2n) is 6.93. The lowest BCUT2D eigenvalue weighted by Gasteiger charge is -2.23. The zero-order chi connectivity index (χ0) is 21.2. The van der Waals surface area contributed by atoms with Crippen LogP contribution in [0.4, 0.5) is 13.2 Å². The van der Waals surface area contributed by atoms with E-state index in [4.69, 9.17) is 0 Å². The van der Waals surface area contributed by atoms with Gasteiger partial charge in [0.2, 0.25) is 5.91 Å². The third-order valence-corrected chi connectivity index (χ3v) is 4.69. The van der Waals surface area contributed by atoms with Gasteiger partial charge in [-0.05, 0) is 51.1 Å². The van der Waals surface area contributed by atoms with Crippen molar-refractivity contribution in [2.24, 2.45) is 0 Å². The fraction of sp³-hybridized carbons (Fsp3) is 0.273. The summed E-state index contributed by atoms with van der Waals surface area (Å²) >= 11 is 0. The number of alkyl halides is 3. The van der Waals surface area contributed by atoms with Gasteiger partial charge in [-0.15, -0.1) is 0 Å². The van der Waals surface area contributed by atoms with Gasteiger partial charge in [0.25, 0.3) is 0 Å². The Balaban J connectivity index is 2.16. The normalized spacial score (nSPS) is 12.2. The summed E-state index contributed by atoms with van der Waals surface area (Å²) in [5.74, 6) is -0.251. The molecule has 0 spiro atoms. The van der Waals surface area contributed by atoms with Crippen LogP contribution in [0.2, 0.25) is 0 Å². The molecule has 1 aromatic heterocycles. The largest absolute Gasteiger partial charge is 0.416 e. The van der Waals surface area contributed by atoms with Crippen molar-refractivity contribution in [3.63, 3.8) is 0 Å². The van der Waals surface area contributed by atoms with Crippen LogP contribution in [-0.4, -0.2) is 32.9 Å². The van der Waals surface area contributed by atoms with E-state index in [1.165, 1.54) is 18.5 Å². The topological polar surface area (TPSA) is 38.1 Å². The molecule has 0 N–H and O–H groups in total. The molecule has 0 saturated heterocycles. The van der Waals surface area contributed by atoms with Crippen LogP contribution in [0.15, 0.2) is 54.9 Å². The number of likely N-dealkylation sites (N-methyl/N-ethyl adjacent to an activating group) is 1. The van der Waals surface area contributed by atoms with E-state index in [2.05, 4.69) is 4.98 Å². The molecule has 0 atom stereocenters. The van der Waals surface area contributed by atoms with Gasteiger partial charge in [0.05, 0.1) is 16.6 Å². The third kappa shape index (κ3) is 4.34. The number of para-hydroxylation sites is 1. The molecular formula is C22H22F3N3O. The Morgan fingerprint density at radius 3 is 2.48 bits per heavy atom. The van der Waals surface area contributed by atoms with Crippen molar-refractivity contribution in [1.82, 2.24) is 14.5 Å². The average molecular weight is 401 g/mol. The first kappa shape index (κ1) is 20.6. The summed E-state index contributed by atoms with van der Waals surface area (Å²) < 4.78 is 41.9. The first-order valence-electron chi connectivity index (χ1n) is 9.34. The molecule has 3 rings (SSSR count). The second-order valence-corrected chi connectivity index (χ2v) is 6.93. The maximum absolute atomic E-state index is 13.4. The van der Waals surface area contributed by atoms with Gasteiger partial charge in [-0.1, -0.05) is 18.2 Å². The van der Waals surface area contributed by atoms with Crippen LogP contribution < -0.4 is 0 Å². The number of halogens is 3.